The minimum atomic E-state index is -0.776. The Balaban J connectivity index is 1.46. The van der Waals surface area contributed by atoms with Gasteiger partial charge >= 0.3 is 0 Å². The molecule has 0 bridgehead atoms. The summed E-state index contributed by atoms with van der Waals surface area (Å²) in [5.41, 5.74) is 4.81. The molecule has 116 valence electrons. The summed E-state index contributed by atoms with van der Waals surface area (Å²) in [6.07, 6.45) is 5.70. The van der Waals surface area contributed by atoms with Crippen LogP contribution in [0.3, 0.4) is 0 Å². The molecule has 0 saturated carbocycles. The predicted octanol–water partition coefficient (Wildman–Crippen LogP) is 1.33. The van der Waals surface area contributed by atoms with Crippen molar-refractivity contribution in [2.45, 2.75) is 25.4 Å². The number of amides is 2. The maximum Gasteiger partial charge on any atom is 0.283 e. The number of carbonyl (C=O) groups is 2. The first-order chi connectivity index (χ1) is 10.7. The molecule has 6 heteroatoms. The van der Waals surface area contributed by atoms with E-state index in [1.54, 1.807) is 18.2 Å². The van der Waals surface area contributed by atoms with Crippen LogP contribution in [0.2, 0.25) is 0 Å². The van der Waals surface area contributed by atoms with Crippen LogP contribution in [-0.4, -0.2) is 24.5 Å². The van der Waals surface area contributed by atoms with Gasteiger partial charge in [-0.2, -0.15) is 0 Å². The van der Waals surface area contributed by atoms with E-state index in [-0.39, 0.29) is 18.4 Å². The highest BCUT2D eigenvalue weighted by molar-refractivity contribution is 5.85. The third-order valence-electron chi connectivity index (χ3n) is 3.69. The first-order valence-electron chi connectivity index (χ1n) is 7.36. The van der Waals surface area contributed by atoms with Gasteiger partial charge in [0, 0.05) is 6.42 Å². The van der Waals surface area contributed by atoms with Crippen LogP contribution >= 0.6 is 0 Å². The van der Waals surface area contributed by atoms with Crippen LogP contribution in [0.5, 0.6) is 11.5 Å². The average molecular weight is 302 g/mol. The molecule has 0 radical (unpaired) electrons. The quantitative estimate of drug-likeness (QED) is 0.652. The molecule has 1 aliphatic carbocycles. The second kappa shape index (κ2) is 6.51. The van der Waals surface area contributed by atoms with Gasteiger partial charge in [-0.3, -0.25) is 20.4 Å². The van der Waals surface area contributed by atoms with E-state index in [1.807, 2.05) is 12.1 Å². The summed E-state index contributed by atoms with van der Waals surface area (Å²) in [5.74, 6) is 0.768. The third kappa shape index (κ3) is 3.39. The summed E-state index contributed by atoms with van der Waals surface area (Å²) < 4.78 is 11.0. The topological polar surface area (TPSA) is 76.7 Å². The number of benzene rings is 1. The lowest BCUT2D eigenvalue weighted by Gasteiger charge is -2.25. The Labute approximate surface area is 128 Å². The molecule has 2 N–H and O–H groups in total. The van der Waals surface area contributed by atoms with Gasteiger partial charge in [-0.15, -0.1) is 0 Å². The van der Waals surface area contributed by atoms with Crippen molar-refractivity contribution in [3.63, 3.8) is 0 Å². The second-order valence-corrected chi connectivity index (χ2v) is 5.37. The molecule has 0 spiro atoms. The molecule has 0 saturated heterocycles. The largest absolute Gasteiger partial charge is 0.485 e. The Morgan fingerprint density at radius 1 is 1.18 bits per heavy atom. The molecule has 1 aromatic carbocycles. The van der Waals surface area contributed by atoms with Crippen LogP contribution in [-0.2, 0) is 9.59 Å². The van der Waals surface area contributed by atoms with Crippen LogP contribution < -0.4 is 20.3 Å². The number of hydrazine groups is 1. The van der Waals surface area contributed by atoms with E-state index in [9.17, 15) is 9.59 Å². The van der Waals surface area contributed by atoms with Crippen molar-refractivity contribution in [1.82, 2.24) is 10.9 Å². The standard InChI is InChI=1S/C16H18N2O4/c19-15(9-11-5-1-2-6-11)17-18-16(20)14-10-21-12-7-3-4-8-13(12)22-14/h1,3-5,7-8,11,14H,2,6,9-10H2,(H,17,19)(H,18,20)/t11-,14-/m0/s1. The van der Waals surface area contributed by atoms with Gasteiger partial charge in [0.1, 0.15) is 6.61 Å². The average Bonchev–Trinajstić information content (AvgIpc) is 3.05. The molecule has 1 aromatic rings. The number of hydrogen-bond acceptors (Lipinski definition) is 4. The van der Waals surface area contributed by atoms with Gasteiger partial charge in [-0.25, -0.2) is 0 Å². The zero-order valence-corrected chi connectivity index (χ0v) is 12.1. The van der Waals surface area contributed by atoms with Crippen molar-refractivity contribution in [1.29, 1.82) is 0 Å². The summed E-state index contributed by atoms with van der Waals surface area (Å²) in [4.78, 5) is 23.8. The normalized spacial score (nSPS) is 22.2. The molecule has 3 rings (SSSR count). The molecule has 6 nitrogen and oxygen atoms in total. The molecule has 0 aromatic heterocycles. The van der Waals surface area contributed by atoms with Gasteiger partial charge in [0.15, 0.2) is 11.5 Å². The zero-order valence-electron chi connectivity index (χ0n) is 12.1. The van der Waals surface area contributed by atoms with E-state index in [2.05, 4.69) is 16.9 Å². The SMILES string of the molecule is O=C(C[C@H]1C=CCC1)NNC(=O)[C@@H]1COc2ccccc2O1. The summed E-state index contributed by atoms with van der Waals surface area (Å²) in [5, 5.41) is 0. The number of ether oxygens (including phenoxy) is 2. The van der Waals surface area contributed by atoms with Gasteiger partial charge in [0.2, 0.25) is 12.0 Å². The number of rotatable bonds is 3. The highest BCUT2D eigenvalue weighted by Gasteiger charge is 2.27. The van der Waals surface area contributed by atoms with Gasteiger partial charge < -0.3 is 9.47 Å². The van der Waals surface area contributed by atoms with E-state index in [0.717, 1.165) is 12.8 Å². The molecule has 1 heterocycles. The fraction of sp³-hybridized carbons (Fsp3) is 0.375. The van der Waals surface area contributed by atoms with Crippen molar-refractivity contribution in [3.05, 3.63) is 36.4 Å². The maximum absolute atomic E-state index is 12.0. The minimum absolute atomic E-state index is 0.115. The highest BCUT2D eigenvalue weighted by Crippen LogP contribution is 2.30. The lowest BCUT2D eigenvalue weighted by Crippen LogP contribution is -2.51. The van der Waals surface area contributed by atoms with Crippen LogP contribution in [0.4, 0.5) is 0 Å². The number of allylic oxidation sites excluding steroid dienone is 2. The molecule has 2 amide bonds. The molecule has 2 atom stereocenters. The minimum Gasteiger partial charge on any atom is -0.485 e. The zero-order chi connectivity index (χ0) is 15.4. The molecule has 22 heavy (non-hydrogen) atoms. The van der Waals surface area contributed by atoms with E-state index in [0.29, 0.717) is 17.9 Å². The Morgan fingerprint density at radius 2 is 2.00 bits per heavy atom. The van der Waals surface area contributed by atoms with Gasteiger partial charge in [0.05, 0.1) is 0 Å². The fourth-order valence-electron chi connectivity index (χ4n) is 2.52. The molecular formula is C16H18N2O4. The lowest BCUT2D eigenvalue weighted by molar-refractivity contribution is -0.135. The molecule has 1 aliphatic heterocycles. The lowest BCUT2D eigenvalue weighted by atomic mass is 10.1. The first-order valence-corrected chi connectivity index (χ1v) is 7.36. The monoisotopic (exact) mass is 302 g/mol. The van der Waals surface area contributed by atoms with E-state index in [4.69, 9.17) is 9.47 Å². The van der Waals surface area contributed by atoms with Crippen LogP contribution in [0.15, 0.2) is 36.4 Å². The summed E-state index contributed by atoms with van der Waals surface area (Å²) in [6.45, 7) is 0.115. The highest BCUT2D eigenvalue weighted by atomic mass is 16.6. The second-order valence-electron chi connectivity index (χ2n) is 5.37. The van der Waals surface area contributed by atoms with E-state index in [1.165, 1.54) is 0 Å². The van der Waals surface area contributed by atoms with Crippen LogP contribution in [0.25, 0.3) is 0 Å². The van der Waals surface area contributed by atoms with Crippen molar-refractivity contribution in [2.24, 2.45) is 5.92 Å². The van der Waals surface area contributed by atoms with E-state index >= 15 is 0 Å². The van der Waals surface area contributed by atoms with Crippen molar-refractivity contribution in [3.8, 4) is 11.5 Å². The Morgan fingerprint density at radius 3 is 2.77 bits per heavy atom. The van der Waals surface area contributed by atoms with Gasteiger partial charge in [-0.05, 0) is 30.9 Å². The van der Waals surface area contributed by atoms with Crippen molar-refractivity contribution < 1.29 is 19.1 Å². The number of hydrogen-bond donors (Lipinski definition) is 2. The van der Waals surface area contributed by atoms with Gasteiger partial charge in [0.25, 0.3) is 5.91 Å². The Hall–Kier alpha value is -2.50. The number of carbonyl (C=O) groups excluding carboxylic acids is 2. The van der Waals surface area contributed by atoms with Crippen LogP contribution in [0, 0.1) is 5.92 Å². The van der Waals surface area contributed by atoms with Gasteiger partial charge in [-0.1, -0.05) is 24.3 Å². The molecular weight excluding hydrogens is 284 g/mol. The Kier molecular flexibility index (Phi) is 4.27. The number of para-hydroxylation sites is 2. The predicted molar refractivity (Wildman–Crippen MR) is 79.1 cm³/mol. The van der Waals surface area contributed by atoms with E-state index < -0.39 is 12.0 Å². The summed E-state index contributed by atoms with van der Waals surface area (Å²) in [7, 11) is 0. The molecule has 2 aliphatic rings. The summed E-state index contributed by atoms with van der Waals surface area (Å²) >= 11 is 0. The first kappa shape index (κ1) is 14.4. The number of fused-ring (bicyclic) bond motifs is 1. The van der Waals surface area contributed by atoms with Crippen molar-refractivity contribution >= 4 is 11.8 Å². The molecule has 0 fully saturated rings. The fourth-order valence-corrected chi connectivity index (χ4v) is 2.52. The Bertz CT molecular complexity index is 600. The summed E-state index contributed by atoms with van der Waals surface area (Å²) in [6, 6.07) is 7.15. The smallest absolute Gasteiger partial charge is 0.283 e. The number of nitrogens with one attached hydrogen (secondary N) is 2. The third-order valence-corrected chi connectivity index (χ3v) is 3.69. The van der Waals surface area contributed by atoms with Crippen LogP contribution in [0.1, 0.15) is 19.3 Å². The molecule has 0 unspecified atom stereocenters. The maximum atomic E-state index is 12.0. The van der Waals surface area contributed by atoms with Crippen molar-refractivity contribution in [2.75, 3.05) is 6.61 Å².